The molecule has 1 aromatic rings. The van der Waals surface area contributed by atoms with Crippen molar-refractivity contribution in [2.75, 3.05) is 0 Å². The van der Waals surface area contributed by atoms with E-state index in [9.17, 15) is 9.90 Å². The van der Waals surface area contributed by atoms with E-state index in [1.807, 2.05) is 0 Å². The number of aliphatic hydroxyl groups is 1. The van der Waals surface area contributed by atoms with Gasteiger partial charge in [0.25, 0.3) is 5.91 Å². The topological polar surface area (TPSA) is 84.3 Å². The van der Waals surface area contributed by atoms with E-state index in [0.29, 0.717) is 35.2 Å². The maximum absolute atomic E-state index is 13.2. The summed E-state index contributed by atoms with van der Waals surface area (Å²) >= 11 is 0. The van der Waals surface area contributed by atoms with Gasteiger partial charge in [0.05, 0.1) is 16.9 Å². The predicted octanol–water partition coefficient (Wildman–Crippen LogP) is 3.34. The Morgan fingerprint density at radius 2 is 1.83 bits per heavy atom. The van der Waals surface area contributed by atoms with E-state index >= 15 is 0 Å². The fourth-order valence-electron chi connectivity index (χ4n) is 6.88. The molecule has 29 heavy (non-hydrogen) atoms. The van der Waals surface area contributed by atoms with Crippen molar-refractivity contribution in [2.45, 2.75) is 94.3 Å². The molecule has 6 saturated carbocycles. The third kappa shape index (κ3) is 3.33. The van der Waals surface area contributed by atoms with Crippen LogP contribution < -0.4 is 10.1 Å². The predicted molar refractivity (Wildman–Crippen MR) is 107 cm³/mol. The lowest BCUT2D eigenvalue weighted by molar-refractivity contribution is -0.136. The molecule has 6 aliphatic carbocycles. The highest BCUT2D eigenvalue weighted by Crippen LogP contribution is 2.55. The molecule has 2 unspecified atom stereocenters. The molecule has 1 amide bonds. The Kier molecular flexibility index (Phi) is 4.16. The summed E-state index contributed by atoms with van der Waals surface area (Å²) in [7, 11) is 0. The van der Waals surface area contributed by atoms with E-state index in [1.165, 1.54) is 12.8 Å². The first-order chi connectivity index (χ1) is 14.1. The lowest BCUT2D eigenvalue weighted by Gasteiger charge is -2.58. The summed E-state index contributed by atoms with van der Waals surface area (Å²) in [5.74, 6) is 1.78. The zero-order valence-corrected chi connectivity index (χ0v) is 17.0. The van der Waals surface area contributed by atoms with E-state index in [4.69, 9.17) is 4.74 Å². The van der Waals surface area contributed by atoms with Gasteiger partial charge in [-0.05, 0) is 88.4 Å². The number of nitrogens with one attached hydrogen (secondary N) is 1. The molecule has 4 bridgehead atoms. The fraction of sp³-hybridized carbons (Fsp3) is 0.783. The molecule has 6 nitrogen and oxygen atoms in total. The van der Waals surface area contributed by atoms with Crippen LogP contribution in [0, 0.1) is 17.8 Å². The molecule has 6 fully saturated rings. The van der Waals surface area contributed by atoms with E-state index in [0.717, 1.165) is 63.5 Å². The zero-order valence-electron chi connectivity index (χ0n) is 17.0. The molecule has 7 rings (SSSR count). The maximum Gasteiger partial charge on any atom is 0.316 e. The van der Waals surface area contributed by atoms with E-state index in [2.05, 4.69) is 15.3 Å². The number of amides is 1. The van der Waals surface area contributed by atoms with Crippen LogP contribution in [0.15, 0.2) is 6.20 Å². The van der Waals surface area contributed by atoms with Gasteiger partial charge in [-0.1, -0.05) is 0 Å². The van der Waals surface area contributed by atoms with Crippen LogP contribution in [0.5, 0.6) is 6.01 Å². The van der Waals surface area contributed by atoms with Gasteiger partial charge < -0.3 is 15.2 Å². The van der Waals surface area contributed by atoms with E-state index < -0.39 is 5.60 Å². The van der Waals surface area contributed by atoms with Crippen LogP contribution in [-0.4, -0.2) is 38.7 Å². The summed E-state index contributed by atoms with van der Waals surface area (Å²) in [5, 5.41) is 14.1. The first kappa shape index (κ1) is 18.1. The maximum atomic E-state index is 13.2. The summed E-state index contributed by atoms with van der Waals surface area (Å²) < 4.78 is 5.99. The van der Waals surface area contributed by atoms with Crippen molar-refractivity contribution in [3.8, 4) is 6.01 Å². The smallest absolute Gasteiger partial charge is 0.316 e. The molecular weight excluding hydrogens is 366 g/mol. The first-order valence-corrected chi connectivity index (χ1v) is 11.6. The van der Waals surface area contributed by atoms with Gasteiger partial charge in [0.15, 0.2) is 0 Å². The van der Waals surface area contributed by atoms with E-state index in [-0.39, 0.29) is 18.1 Å². The minimum absolute atomic E-state index is 0.0382. The van der Waals surface area contributed by atoms with Gasteiger partial charge in [-0.3, -0.25) is 4.79 Å². The summed E-state index contributed by atoms with van der Waals surface area (Å²) in [6, 6.07) is 0.619. The molecule has 1 aromatic heterocycles. The van der Waals surface area contributed by atoms with Gasteiger partial charge in [-0.15, -0.1) is 0 Å². The van der Waals surface area contributed by atoms with Gasteiger partial charge in [-0.25, -0.2) is 4.98 Å². The molecule has 2 N–H and O–H groups in total. The summed E-state index contributed by atoms with van der Waals surface area (Å²) in [6.07, 6.45) is 13.6. The van der Waals surface area contributed by atoms with Gasteiger partial charge in [0.2, 0.25) is 0 Å². The van der Waals surface area contributed by atoms with Crippen LogP contribution in [-0.2, 0) is 0 Å². The number of carbonyl (C=O) groups is 1. The molecule has 0 aliphatic heterocycles. The molecule has 156 valence electrons. The second kappa shape index (κ2) is 6.66. The Labute approximate surface area is 171 Å². The number of hydrogen-bond donors (Lipinski definition) is 2. The van der Waals surface area contributed by atoms with Crippen LogP contribution in [0.4, 0.5) is 0 Å². The molecule has 6 aliphatic rings. The van der Waals surface area contributed by atoms with Crippen molar-refractivity contribution < 1.29 is 14.6 Å². The minimum atomic E-state index is -0.473. The average molecular weight is 398 g/mol. The third-order valence-electron chi connectivity index (χ3n) is 8.12. The molecule has 0 spiro atoms. The zero-order chi connectivity index (χ0) is 19.6. The molecule has 0 aromatic carbocycles. The van der Waals surface area contributed by atoms with Crippen molar-refractivity contribution in [3.05, 3.63) is 17.5 Å². The highest BCUT2D eigenvalue weighted by atomic mass is 16.5. The molecule has 0 saturated heterocycles. The number of ether oxygens (including phenoxy) is 1. The van der Waals surface area contributed by atoms with Crippen molar-refractivity contribution in [2.24, 2.45) is 17.8 Å². The lowest BCUT2D eigenvalue weighted by Crippen LogP contribution is -2.61. The normalized spacial score (nSPS) is 38.4. The number of aromatic nitrogens is 2. The van der Waals surface area contributed by atoms with Crippen LogP contribution in [0.2, 0.25) is 0 Å². The Hall–Kier alpha value is -1.69. The lowest BCUT2D eigenvalue weighted by atomic mass is 9.52. The van der Waals surface area contributed by atoms with Crippen LogP contribution >= 0.6 is 0 Å². The second-order valence-electron chi connectivity index (χ2n) is 10.4. The van der Waals surface area contributed by atoms with Crippen LogP contribution in [0.25, 0.3) is 0 Å². The minimum Gasteiger partial charge on any atom is -0.460 e. The third-order valence-corrected chi connectivity index (χ3v) is 8.12. The fourth-order valence-corrected chi connectivity index (χ4v) is 6.88. The Morgan fingerprint density at radius 1 is 1.10 bits per heavy atom. The summed E-state index contributed by atoms with van der Waals surface area (Å²) in [4.78, 5) is 22.3. The van der Waals surface area contributed by atoms with Crippen molar-refractivity contribution in [3.63, 3.8) is 0 Å². The Morgan fingerprint density at radius 3 is 2.48 bits per heavy atom. The summed E-state index contributed by atoms with van der Waals surface area (Å²) in [5.41, 5.74) is 1.02. The highest BCUT2D eigenvalue weighted by Gasteiger charge is 2.55. The molecule has 2 atom stereocenters. The highest BCUT2D eigenvalue weighted by molar-refractivity contribution is 5.95. The molecular formula is C23H31N3O3. The van der Waals surface area contributed by atoms with Crippen molar-refractivity contribution >= 4 is 5.91 Å². The largest absolute Gasteiger partial charge is 0.460 e. The monoisotopic (exact) mass is 397 g/mol. The molecule has 0 radical (unpaired) electrons. The van der Waals surface area contributed by atoms with Gasteiger partial charge in [0.1, 0.15) is 6.10 Å². The molecule has 6 heteroatoms. The molecule has 1 heterocycles. The van der Waals surface area contributed by atoms with Gasteiger partial charge >= 0.3 is 6.01 Å². The van der Waals surface area contributed by atoms with Crippen LogP contribution in [0.1, 0.15) is 92.6 Å². The van der Waals surface area contributed by atoms with Gasteiger partial charge in [-0.2, -0.15) is 4.98 Å². The number of nitrogens with zero attached hydrogens (tertiary/aromatic N) is 2. The number of carbonyl (C=O) groups excluding carboxylic acids is 1. The Balaban J connectivity index is 1.20. The second-order valence-corrected chi connectivity index (χ2v) is 10.4. The quantitative estimate of drug-likeness (QED) is 0.796. The van der Waals surface area contributed by atoms with Crippen molar-refractivity contribution in [1.29, 1.82) is 0 Å². The first-order valence-electron chi connectivity index (χ1n) is 11.6. The van der Waals surface area contributed by atoms with Crippen molar-refractivity contribution in [1.82, 2.24) is 15.3 Å². The van der Waals surface area contributed by atoms with Gasteiger partial charge in [0, 0.05) is 18.2 Å². The average Bonchev–Trinajstić information content (AvgIpc) is 3.40. The number of hydrogen-bond acceptors (Lipinski definition) is 5. The van der Waals surface area contributed by atoms with Crippen LogP contribution in [0.3, 0.4) is 0 Å². The Bertz CT molecular complexity index is 802. The van der Waals surface area contributed by atoms with E-state index in [1.54, 1.807) is 6.20 Å². The SMILES string of the molecule is O=C(NC1C2CC3CC1CC(O)(C3)C2)c1cnc(OC2CCCC2)nc1C1CC1. The number of rotatable bonds is 5. The standard InChI is InChI=1S/C23H31N3O3/c27-21(25-19-15-7-13-8-16(19)11-23(28,9-13)10-15)18-12-24-22(26-20(18)14-5-6-14)29-17-3-1-2-4-17/h12-17,19,28H,1-11H2,(H,25,27). The summed E-state index contributed by atoms with van der Waals surface area (Å²) in [6.45, 7) is 0.